The minimum Gasteiger partial charge on any atom is -0.359 e. The molecule has 2 aromatic rings. The molecule has 22 heavy (non-hydrogen) atoms. The fourth-order valence-corrected chi connectivity index (χ4v) is 3.00. The van der Waals surface area contributed by atoms with E-state index in [9.17, 15) is 13.2 Å². The number of carbonyl (C=O) groups excluding carboxylic acids is 1. The number of nitrogens with one attached hydrogen (secondary N) is 1. The van der Waals surface area contributed by atoms with Crippen LogP contribution in [-0.2, 0) is 20.4 Å². The molecule has 118 valence electrons. The topological polar surface area (TPSA) is 102 Å². The van der Waals surface area contributed by atoms with Crippen LogP contribution < -0.4 is 5.32 Å². The van der Waals surface area contributed by atoms with Crippen molar-refractivity contribution in [3.8, 4) is 11.5 Å². The van der Waals surface area contributed by atoms with Gasteiger partial charge < -0.3 is 9.84 Å². The van der Waals surface area contributed by atoms with Gasteiger partial charge in [-0.25, -0.2) is 8.42 Å². The third kappa shape index (κ3) is 4.39. The Hall–Kier alpha value is -2.22. The maximum atomic E-state index is 11.9. The second-order valence-electron chi connectivity index (χ2n) is 4.90. The highest BCUT2D eigenvalue weighted by Crippen LogP contribution is 2.18. The van der Waals surface area contributed by atoms with E-state index in [0.29, 0.717) is 0 Å². The number of rotatable bonds is 6. The Labute approximate surface area is 128 Å². The molecular weight excluding hydrogens is 306 g/mol. The van der Waals surface area contributed by atoms with Gasteiger partial charge in [-0.15, -0.1) is 0 Å². The fraction of sp³-hybridized carbons (Fsp3) is 0.357. The van der Waals surface area contributed by atoms with Crippen LogP contribution in [0.1, 0.15) is 17.8 Å². The first-order valence-electron chi connectivity index (χ1n) is 6.70. The Bertz CT molecular complexity index is 768. The molecule has 0 saturated carbocycles. The summed E-state index contributed by atoms with van der Waals surface area (Å²) >= 11 is 0. The number of benzene rings is 1. The van der Waals surface area contributed by atoms with Crippen LogP contribution in [-0.4, -0.2) is 37.3 Å². The number of nitrogens with zero attached hydrogens (tertiary/aromatic N) is 2. The number of aromatic nitrogens is 2. The molecule has 1 heterocycles. The van der Waals surface area contributed by atoms with Crippen LogP contribution in [0.5, 0.6) is 0 Å². The Morgan fingerprint density at radius 1 is 1.36 bits per heavy atom. The Morgan fingerprint density at radius 3 is 2.82 bits per heavy atom. The number of aryl methyl sites for hydroxylation is 1. The van der Waals surface area contributed by atoms with E-state index in [-0.39, 0.29) is 35.5 Å². The third-order valence-corrected chi connectivity index (χ3v) is 4.53. The van der Waals surface area contributed by atoms with E-state index in [2.05, 4.69) is 15.5 Å². The molecule has 7 nitrogen and oxygen atoms in total. The zero-order valence-corrected chi connectivity index (χ0v) is 13.2. The molecule has 8 heteroatoms. The molecule has 0 aliphatic heterocycles. The Balaban J connectivity index is 2.07. The van der Waals surface area contributed by atoms with Crippen LogP contribution in [0.2, 0.25) is 0 Å². The first-order valence-corrected chi connectivity index (χ1v) is 8.52. The summed E-state index contributed by atoms with van der Waals surface area (Å²) in [6, 6.07) is 7.47. The van der Waals surface area contributed by atoms with E-state index in [1.165, 1.54) is 7.05 Å². The van der Waals surface area contributed by atoms with Gasteiger partial charge in [0.2, 0.25) is 5.91 Å². The second-order valence-corrected chi connectivity index (χ2v) is 7.08. The Morgan fingerprint density at radius 2 is 2.14 bits per heavy atom. The van der Waals surface area contributed by atoms with Crippen molar-refractivity contribution in [1.29, 1.82) is 0 Å². The smallest absolute Gasteiger partial charge is 0.257 e. The summed E-state index contributed by atoms with van der Waals surface area (Å²) < 4.78 is 28.9. The quantitative estimate of drug-likeness (QED) is 0.854. The molecule has 1 amide bonds. The van der Waals surface area contributed by atoms with Gasteiger partial charge in [-0.1, -0.05) is 22.9 Å². The molecule has 1 aromatic heterocycles. The second kappa shape index (κ2) is 6.69. The number of sulfone groups is 1. The lowest BCUT2D eigenvalue weighted by molar-refractivity contribution is -0.120. The van der Waals surface area contributed by atoms with E-state index in [1.807, 2.05) is 31.2 Å². The fourth-order valence-electron chi connectivity index (χ4n) is 1.85. The summed E-state index contributed by atoms with van der Waals surface area (Å²) in [4.78, 5) is 15.2. The van der Waals surface area contributed by atoms with Gasteiger partial charge in [0.25, 0.3) is 5.89 Å². The van der Waals surface area contributed by atoms with Crippen LogP contribution in [0.15, 0.2) is 28.8 Å². The molecule has 0 radical (unpaired) electrons. The molecule has 0 unspecified atom stereocenters. The van der Waals surface area contributed by atoms with Gasteiger partial charge in [0.05, 0.1) is 5.75 Å². The van der Waals surface area contributed by atoms with E-state index in [0.717, 1.165) is 11.1 Å². The predicted molar refractivity (Wildman–Crippen MR) is 80.6 cm³/mol. The van der Waals surface area contributed by atoms with Crippen molar-refractivity contribution < 1.29 is 17.7 Å². The van der Waals surface area contributed by atoms with E-state index < -0.39 is 9.84 Å². The van der Waals surface area contributed by atoms with Gasteiger partial charge in [-0.05, 0) is 19.1 Å². The minimum absolute atomic E-state index is 0.0819. The highest BCUT2D eigenvalue weighted by atomic mass is 32.2. The van der Waals surface area contributed by atoms with Crippen molar-refractivity contribution in [2.24, 2.45) is 0 Å². The van der Waals surface area contributed by atoms with Crippen molar-refractivity contribution in [2.45, 2.75) is 19.1 Å². The molecule has 0 saturated heterocycles. The molecular formula is C14H17N3O4S. The van der Waals surface area contributed by atoms with Crippen molar-refractivity contribution in [1.82, 2.24) is 15.5 Å². The summed E-state index contributed by atoms with van der Waals surface area (Å²) in [5.74, 6) is -0.550. The Kier molecular flexibility index (Phi) is 4.92. The molecule has 2 rings (SSSR count). The predicted octanol–water partition coefficient (Wildman–Crippen LogP) is 1.10. The molecule has 0 atom stereocenters. The third-order valence-electron chi connectivity index (χ3n) is 3.00. The van der Waals surface area contributed by atoms with Gasteiger partial charge in [-0.2, -0.15) is 4.98 Å². The SMILES string of the molecule is CNC(=O)CCS(=O)(=O)Cc1noc(-c2cccc(C)c2)n1. The zero-order chi connectivity index (χ0) is 16.2. The monoisotopic (exact) mass is 323 g/mol. The average molecular weight is 323 g/mol. The summed E-state index contributed by atoms with van der Waals surface area (Å²) in [7, 11) is -2.00. The highest BCUT2D eigenvalue weighted by Gasteiger charge is 2.18. The van der Waals surface area contributed by atoms with E-state index in [4.69, 9.17) is 4.52 Å². The van der Waals surface area contributed by atoms with Gasteiger partial charge in [0.15, 0.2) is 15.7 Å². The maximum absolute atomic E-state index is 11.9. The normalized spacial score (nSPS) is 11.4. The molecule has 1 aromatic carbocycles. The van der Waals surface area contributed by atoms with Gasteiger partial charge in [-0.3, -0.25) is 4.79 Å². The van der Waals surface area contributed by atoms with Gasteiger partial charge >= 0.3 is 0 Å². The van der Waals surface area contributed by atoms with Gasteiger partial charge in [0, 0.05) is 19.0 Å². The van der Waals surface area contributed by atoms with Crippen LogP contribution in [0.25, 0.3) is 11.5 Å². The van der Waals surface area contributed by atoms with Crippen molar-refractivity contribution in [2.75, 3.05) is 12.8 Å². The lowest BCUT2D eigenvalue weighted by Crippen LogP contribution is -2.22. The first-order chi connectivity index (χ1) is 10.4. The van der Waals surface area contributed by atoms with E-state index >= 15 is 0 Å². The number of hydrogen-bond acceptors (Lipinski definition) is 6. The average Bonchev–Trinajstić information content (AvgIpc) is 2.92. The molecule has 0 aliphatic rings. The molecule has 0 aliphatic carbocycles. The maximum Gasteiger partial charge on any atom is 0.257 e. The van der Waals surface area contributed by atoms with Crippen molar-refractivity contribution in [3.05, 3.63) is 35.7 Å². The largest absolute Gasteiger partial charge is 0.359 e. The number of carbonyl (C=O) groups is 1. The van der Waals surface area contributed by atoms with E-state index in [1.54, 1.807) is 0 Å². The summed E-state index contributed by atoms with van der Waals surface area (Å²) in [6.07, 6.45) is -0.0819. The first kappa shape index (κ1) is 16.2. The van der Waals surface area contributed by atoms with Crippen molar-refractivity contribution >= 4 is 15.7 Å². The lowest BCUT2D eigenvalue weighted by atomic mass is 10.1. The lowest BCUT2D eigenvalue weighted by Gasteiger charge is -2.00. The zero-order valence-electron chi connectivity index (χ0n) is 12.4. The van der Waals surface area contributed by atoms with Crippen LogP contribution in [0.4, 0.5) is 0 Å². The summed E-state index contributed by atoms with van der Waals surface area (Å²) in [5.41, 5.74) is 1.77. The van der Waals surface area contributed by atoms with Gasteiger partial charge in [0.1, 0.15) is 5.75 Å². The molecule has 0 spiro atoms. The molecule has 0 bridgehead atoms. The summed E-state index contributed by atoms with van der Waals surface area (Å²) in [6.45, 7) is 1.93. The standard InChI is InChI=1S/C14H17N3O4S/c1-10-4-3-5-11(8-10)14-16-12(17-21-14)9-22(19,20)7-6-13(18)15-2/h3-5,8H,6-7,9H2,1-2H3,(H,15,18). The molecule has 0 fully saturated rings. The highest BCUT2D eigenvalue weighted by molar-refractivity contribution is 7.90. The molecule has 1 N–H and O–H groups in total. The number of hydrogen-bond donors (Lipinski definition) is 1. The van der Waals surface area contributed by atoms with Crippen LogP contribution >= 0.6 is 0 Å². The van der Waals surface area contributed by atoms with Crippen molar-refractivity contribution in [3.63, 3.8) is 0 Å². The minimum atomic E-state index is -3.46. The number of amides is 1. The van der Waals surface area contributed by atoms with Crippen LogP contribution in [0.3, 0.4) is 0 Å². The van der Waals surface area contributed by atoms with Crippen LogP contribution in [0, 0.1) is 6.92 Å². The summed E-state index contributed by atoms with van der Waals surface area (Å²) in [5, 5.41) is 6.07.